The van der Waals surface area contributed by atoms with Crippen molar-refractivity contribution in [1.29, 1.82) is 0 Å². The minimum atomic E-state index is -4.20. The number of carboxylic acid groups (broad SMARTS) is 1. The Morgan fingerprint density at radius 3 is 2.33 bits per heavy atom. The van der Waals surface area contributed by atoms with E-state index in [0.29, 0.717) is 10.7 Å². The molecule has 0 aliphatic carbocycles. The molecule has 0 aromatic carbocycles. The van der Waals surface area contributed by atoms with Crippen LogP contribution in [-0.4, -0.2) is 49.1 Å². The van der Waals surface area contributed by atoms with Crippen LogP contribution in [-0.2, 0) is 19.7 Å². The molecular weight excluding hydrogens is 264 g/mol. The molecule has 0 bridgehead atoms. The van der Waals surface area contributed by atoms with E-state index < -0.39 is 34.9 Å². The van der Waals surface area contributed by atoms with Gasteiger partial charge in [-0.25, -0.2) is 9.52 Å². The van der Waals surface area contributed by atoms with Gasteiger partial charge in [-0.1, -0.05) is 6.92 Å². The van der Waals surface area contributed by atoms with Gasteiger partial charge in [-0.05, 0) is 20.3 Å². The minimum absolute atomic E-state index is 0.00338. The van der Waals surface area contributed by atoms with Crippen molar-refractivity contribution < 1.29 is 27.9 Å². The van der Waals surface area contributed by atoms with Gasteiger partial charge in [0.2, 0.25) is 0 Å². The van der Waals surface area contributed by atoms with Crippen molar-refractivity contribution in [1.82, 2.24) is 9.03 Å². The molecule has 0 aliphatic rings. The molecular formula is C9H18N2O6S. The molecule has 0 radical (unpaired) electrons. The number of nitrogens with zero attached hydrogens (tertiary/aromatic N) is 1. The molecule has 0 fully saturated rings. The first-order valence-corrected chi connectivity index (χ1v) is 6.83. The predicted octanol–water partition coefficient (Wildman–Crippen LogP) is 0.162. The van der Waals surface area contributed by atoms with Gasteiger partial charge < -0.3 is 9.84 Å². The van der Waals surface area contributed by atoms with E-state index >= 15 is 0 Å². The Kier molecular flexibility index (Phi) is 6.63. The Labute approximate surface area is 106 Å². The van der Waals surface area contributed by atoms with Crippen molar-refractivity contribution in [2.45, 2.75) is 33.3 Å². The molecule has 0 aromatic heterocycles. The van der Waals surface area contributed by atoms with Crippen LogP contribution >= 0.6 is 0 Å². The lowest BCUT2D eigenvalue weighted by molar-refractivity contribution is -0.137. The highest BCUT2D eigenvalue weighted by molar-refractivity contribution is 7.87. The highest BCUT2D eigenvalue weighted by Crippen LogP contribution is 2.01. The van der Waals surface area contributed by atoms with Crippen molar-refractivity contribution in [3.8, 4) is 0 Å². The summed E-state index contributed by atoms with van der Waals surface area (Å²) in [5.74, 6) is -1.30. The minimum Gasteiger partial charge on any atom is -0.480 e. The highest BCUT2D eigenvalue weighted by atomic mass is 32.2. The number of carbonyl (C=O) groups excluding carboxylic acids is 1. The molecule has 106 valence electrons. The fourth-order valence-corrected chi connectivity index (χ4v) is 2.18. The summed E-state index contributed by atoms with van der Waals surface area (Å²) in [6.07, 6.45) is -1.18. The van der Waals surface area contributed by atoms with E-state index in [1.165, 1.54) is 0 Å². The van der Waals surface area contributed by atoms with Crippen LogP contribution in [0.2, 0.25) is 0 Å². The van der Waals surface area contributed by atoms with Gasteiger partial charge in [0.1, 0.15) is 6.54 Å². The lowest BCUT2D eigenvalue weighted by atomic mass is 10.5. The van der Waals surface area contributed by atoms with Gasteiger partial charge in [0.25, 0.3) is 0 Å². The molecule has 0 rings (SSSR count). The molecule has 0 aromatic rings. The van der Waals surface area contributed by atoms with Gasteiger partial charge in [-0.2, -0.15) is 12.7 Å². The average molecular weight is 282 g/mol. The molecule has 1 amide bonds. The van der Waals surface area contributed by atoms with E-state index in [1.807, 2.05) is 0 Å². The van der Waals surface area contributed by atoms with Crippen LogP contribution in [0.4, 0.5) is 4.79 Å². The lowest BCUT2D eigenvalue weighted by Gasteiger charge is -2.20. The monoisotopic (exact) mass is 282 g/mol. The van der Waals surface area contributed by atoms with Gasteiger partial charge >= 0.3 is 22.3 Å². The zero-order chi connectivity index (χ0) is 14.3. The molecule has 0 spiro atoms. The third-order valence-corrected chi connectivity index (χ3v) is 3.10. The number of aliphatic carboxylic acids is 1. The second-order valence-corrected chi connectivity index (χ2v) is 5.46. The molecule has 8 nitrogen and oxygen atoms in total. The number of hydrogen-bond acceptors (Lipinski definition) is 5. The maximum Gasteiger partial charge on any atom is 0.422 e. The molecule has 0 aliphatic heterocycles. The predicted molar refractivity (Wildman–Crippen MR) is 63.2 cm³/mol. The number of hydrogen-bond donors (Lipinski definition) is 2. The van der Waals surface area contributed by atoms with Crippen molar-refractivity contribution >= 4 is 22.3 Å². The average Bonchev–Trinajstić information content (AvgIpc) is 2.13. The summed E-state index contributed by atoms with van der Waals surface area (Å²) in [5.41, 5.74) is 0. The van der Waals surface area contributed by atoms with Gasteiger partial charge in [-0.15, -0.1) is 0 Å². The van der Waals surface area contributed by atoms with E-state index in [0.717, 1.165) is 0 Å². The van der Waals surface area contributed by atoms with Crippen LogP contribution in [0.5, 0.6) is 0 Å². The van der Waals surface area contributed by atoms with Crippen molar-refractivity contribution in [3.63, 3.8) is 0 Å². The van der Waals surface area contributed by atoms with Crippen LogP contribution in [0, 0.1) is 0 Å². The summed E-state index contributed by atoms with van der Waals surface area (Å²) < 4.78 is 30.3. The van der Waals surface area contributed by atoms with E-state index in [4.69, 9.17) is 5.11 Å². The Balaban J connectivity index is 4.74. The Morgan fingerprint density at radius 2 is 1.94 bits per heavy atom. The quantitative estimate of drug-likeness (QED) is 0.687. The fraction of sp³-hybridized carbons (Fsp3) is 0.778. The summed E-state index contributed by atoms with van der Waals surface area (Å²) in [7, 11) is -4.20. The second kappa shape index (κ2) is 7.17. The van der Waals surface area contributed by atoms with Gasteiger partial charge in [0, 0.05) is 6.54 Å². The molecule has 0 saturated carbocycles. The second-order valence-electron chi connectivity index (χ2n) is 3.79. The van der Waals surface area contributed by atoms with Crippen LogP contribution in [0.15, 0.2) is 0 Å². The first-order chi connectivity index (χ1) is 8.19. The molecule has 0 saturated heterocycles. The molecule has 9 heteroatoms. The largest absolute Gasteiger partial charge is 0.480 e. The molecule has 0 unspecified atom stereocenters. The Bertz CT molecular complexity index is 392. The zero-order valence-corrected chi connectivity index (χ0v) is 11.4. The smallest absolute Gasteiger partial charge is 0.422 e. The molecule has 18 heavy (non-hydrogen) atoms. The van der Waals surface area contributed by atoms with Gasteiger partial charge in [0.05, 0.1) is 6.10 Å². The number of rotatable bonds is 7. The SMILES string of the molecule is CCCN(CC(=O)O)S(=O)(=O)NC(=O)OC(C)C. The molecule has 0 heterocycles. The topological polar surface area (TPSA) is 113 Å². The molecule has 2 N–H and O–H groups in total. The number of amides is 1. The first kappa shape index (κ1) is 16.6. The maximum atomic E-state index is 11.7. The van der Waals surface area contributed by atoms with Crippen molar-refractivity contribution in [2.24, 2.45) is 0 Å². The van der Waals surface area contributed by atoms with Crippen LogP contribution in [0.25, 0.3) is 0 Å². The van der Waals surface area contributed by atoms with Crippen molar-refractivity contribution in [2.75, 3.05) is 13.1 Å². The summed E-state index contributed by atoms with van der Waals surface area (Å²) in [5, 5.41) is 8.60. The van der Waals surface area contributed by atoms with E-state index in [-0.39, 0.29) is 6.54 Å². The highest BCUT2D eigenvalue weighted by Gasteiger charge is 2.26. The normalized spacial score (nSPS) is 11.6. The lowest BCUT2D eigenvalue weighted by Crippen LogP contribution is -2.46. The summed E-state index contributed by atoms with van der Waals surface area (Å²) >= 11 is 0. The van der Waals surface area contributed by atoms with Gasteiger partial charge in [-0.3, -0.25) is 4.79 Å². The molecule has 0 atom stereocenters. The Morgan fingerprint density at radius 1 is 1.39 bits per heavy atom. The van der Waals surface area contributed by atoms with Gasteiger partial charge in [0.15, 0.2) is 0 Å². The first-order valence-electron chi connectivity index (χ1n) is 5.39. The van der Waals surface area contributed by atoms with E-state index in [2.05, 4.69) is 4.74 Å². The van der Waals surface area contributed by atoms with Crippen molar-refractivity contribution in [3.05, 3.63) is 0 Å². The number of carbonyl (C=O) groups is 2. The number of ether oxygens (including phenoxy) is 1. The number of nitrogens with one attached hydrogen (secondary N) is 1. The van der Waals surface area contributed by atoms with Crippen LogP contribution < -0.4 is 4.72 Å². The van der Waals surface area contributed by atoms with E-state index in [9.17, 15) is 18.0 Å². The fourth-order valence-electron chi connectivity index (χ4n) is 1.09. The summed E-state index contributed by atoms with van der Waals surface area (Å²) in [4.78, 5) is 21.7. The van der Waals surface area contributed by atoms with Crippen LogP contribution in [0.1, 0.15) is 27.2 Å². The standard InChI is InChI=1S/C9H18N2O6S/c1-4-5-11(6-8(12)13)18(15,16)10-9(14)17-7(2)3/h7H,4-6H2,1-3H3,(H,10,14)(H,12,13). The Hall–Kier alpha value is -1.35. The summed E-state index contributed by atoms with van der Waals surface area (Å²) in [6.45, 7) is 4.10. The third kappa shape index (κ3) is 6.40. The maximum absolute atomic E-state index is 11.7. The number of carboxylic acids is 1. The van der Waals surface area contributed by atoms with E-state index in [1.54, 1.807) is 25.5 Å². The van der Waals surface area contributed by atoms with Crippen LogP contribution in [0.3, 0.4) is 0 Å². The third-order valence-electron chi connectivity index (χ3n) is 1.68. The zero-order valence-electron chi connectivity index (χ0n) is 10.5. The summed E-state index contributed by atoms with van der Waals surface area (Å²) in [6, 6.07) is 0.